The van der Waals surface area contributed by atoms with Gasteiger partial charge in [0.25, 0.3) is 5.91 Å². The van der Waals surface area contributed by atoms with E-state index in [0.29, 0.717) is 11.3 Å². The van der Waals surface area contributed by atoms with Gasteiger partial charge in [-0.05, 0) is 56.2 Å². The van der Waals surface area contributed by atoms with Crippen molar-refractivity contribution in [3.63, 3.8) is 0 Å². The molecule has 6 heteroatoms. The number of benzene rings is 2. The molecule has 22 heavy (non-hydrogen) atoms. The van der Waals surface area contributed by atoms with Crippen LogP contribution in [0.2, 0.25) is 0 Å². The molecule has 0 fully saturated rings. The Kier molecular flexibility index (Phi) is 4.35. The van der Waals surface area contributed by atoms with Gasteiger partial charge in [0, 0.05) is 11.3 Å². The van der Waals surface area contributed by atoms with Crippen LogP contribution in [0.3, 0.4) is 0 Å². The van der Waals surface area contributed by atoms with Crippen molar-refractivity contribution < 1.29 is 13.2 Å². The fourth-order valence-electron chi connectivity index (χ4n) is 2.02. The Bertz CT molecular complexity index is 825. The first-order valence-electron chi connectivity index (χ1n) is 6.70. The molecule has 0 aliphatic rings. The van der Waals surface area contributed by atoms with Gasteiger partial charge in [-0.1, -0.05) is 17.7 Å². The summed E-state index contributed by atoms with van der Waals surface area (Å²) >= 11 is 0. The number of carbonyl (C=O) groups is 1. The van der Waals surface area contributed by atoms with Gasteiger partial charge in [0.2, 0.25) is 10.0 Å². The fraction of sp³-hybridized carbons (Fsp3) is 0.188. The van der Waals surface area contributed by atoms with Crippen molar-refractivity contribution in [2.24, 2.45) is 5.14 Å². The monoisotopic (exact) mass is 318 g/mol. The topological polar surface area (TPSA) is 89.3 Å². The van der Waals surface area contributed by atoms with E-state index in [1.165, 1.54) is 12.1 Å². The van der Waals surface area contributed by atoms with Gasteiger partial charge in [-0.3, -0.25) is 4.79 Å². The molecule has 2 aromatic rings. The van der Waals surface area contributed by atoms with Crippen molar-refractivity contribution in [2.75, 3.05) is 5.32 Å². The first kappa shape index (κ1) is 16.2. The molecule has 0 unspecified atom stereocenters. The molecule has 0 heterocycles. The van der Waals surface area contributed by atoms with Crippen molar-refractivity contribution in [3.05, 3.63) is 58.7 Å². The Morgan fingerprint density at radius 3 is 2.18 bits per heavy atom. The SMILES string of the molecule is Cc1ccc(C(=O)Nc2cc(S(N)(=O)=O)cc(C)c2C)cc1. The number of primary sulfonamides is 1. The number of carbonyl (C=O) groups excluding carboxylic acids is 1. The van der Waals surface area contributed by atoms with E-state index in [-0.39, 0.29) is 10.8 Å². The van der Waals surface area contributed by atoms with E-state index in [4.69, 9.17) is 5.14 Å². The van der Waals surface area contributed by atoms with Crippen LogP contribution in [0.4, 0.5) is 5.69 Å². The molecule has 0 aromatic heterocycles. The molecule has 2 aromatic carbocycles. The summed E-state index contributed by atoms with van der Waals surface area (Å²) in [7, 11) is -3.82. The summed E-state index contributed by atoms with van der Waals surface area (Å²) in [6.45, 7) is 5.52. The Hall–Kier alpha value is -2.18. The maximum absolute atomic E-state index is 12.3. The average Bonchev–Trinajstić information content (AvgIpc) is 2.43. The van der Waals surface area contributed by atoms with Crippen molar-refractivity contribution in [2.45, 2.75) is 25.7 Å². The standard InChI is InChI=1S/C16H18N2O3S/c1-10-4-6-13(7-5-10)16(19)18-15-9-14(22(17,20)21)8-11(2)12(15)3/h4-9H,1-3H3,(H,18,19)(H2,17,20,21). The van der Waals surface area contributed by atoms with E-state index >= 15 is 0 Å². The molecule has 0 atom stereocenters. The van der Waals surface area contributed by atoms with Gasteiger partial charge in [0.05, 0.1) is 4.90 Å². The van der Waals surface area contributed by atoms with Crippen LogP contribution >= 0.6 is 0 Å². The lowest BCUT2D eigenvalue weighted by Gasteiger charge is -2.13. The molecular formula is C16H18N2O3S. The fourth-order valence-corrected chi connectivity index (χ4v) is 2.64. The summed E-state index contributed by atoms with van der Waals surface area (Å²) in [5, 5.41) is 7.90. The number of anilines is 1. The van der Waals surface area contributed by atoms with Crippen LogP contribution in [0.5, 0.6) is 0 Å². The largest absolute Gasteiger partial charge is 0.322 e. The zero-order valence-electron chi connectivity index (χ0n) is 12.7. The van der Waals surface area contributed by atoms with Crippen LogP contribution in [0, 0.1) is 20.8 Å². The normalized spacial score (nSPS) is 11.3. The number of rotatable bonds is 3. The van der Waals surface area contributed by atoms with Crippen molar-refractivity contribution in [3.8, 4) is 0 Å². The van der Waals surface area contributed by atoms with Gasteiger partial charge in [-0.2, -0.15) is 0 Å². The maximum Gasteiger partial charge on any atom is 0.255 e. The maximum atomic E-state index is 12.3. The third kappa shape index (κ3) is 3.52. The van der Waals surface area contributed by atoms with Crippen molar-refractivity contribution in [1.82, 2.24) is 0 Å². The number of nitrogens with one attached hydrogen (secondary N) is 1. The molecule has 0 radical (unpaired) electrons. The highest BCUT2D eigenvalue weighted by molar-refractivity contribution is 7.89. The van der Waals surface area contributed by atoms with Crippen molar-refractivity contribution >= 4 is 21.6 Å². The molecular weight excluding hydrogens is 300 g/mol. The summed E-state index contributed by atoms with van der Waals surface area (Å²) in [4.78, 5) is 12.2. The predicted octanol–water partition coefficient (Wildman–Crippen LogP) is 2.51. The van der Waals surface area contributed by atoms with Gasteiger partial charge in [0.15, 0.2) is 0 Å². The smallest absolute Gasteiger partial charge is 0.255 e. The first-order valence-corrected chi connectivity index (χ1v) is 8.25. The zero-order chi connectivity index (χ0) is 16.5. The summed E-state index contributed by atoms with van der Waals surface area (Å²) in [5.74, 6) is -0.297. The predicted molar refractivity (Wildman–Crippen MR) is 86.4 cm³/mol. The number of sulfonamides is 1. The lowest BCUT2D eigenvalue weighted by molar-refractivity contribution is 0.102. The van der Waals surface area contributed by atoms with Gasteiger partial charge in [0.1, 0.15) is 0 Å². The van der Waals surface area contributed by atoms with E-state index in [9.17, 15) is 13.2 Å². The second-order valence-corrected chi connectivity index (χ2v) is 6.84. The number of amides is 1. The van der Waals surface area contributed by atoms with Crippen LogP contribution in [-0.2, 0) is 10.0 Å². The highest BCUT2D eigenvalue weighted by Gasteiger charge is 2.14. The molecule has 0 spiro atoms. The van der Waals surface area contributed by atoms with Crippen LogP contribution in [0.15, 0.2) is 41.3 Å². The van der Waals surface area contributed by atoms with E-state index < -0.39 is 10.0 Å². The second kappa shape index (κ2) is 5.90. The molecule has 0 saturated heterocycles. The highest BCUT2D eigenvalue weighted by Crippen LogP contribution is 2.24. The molecule has 0 saturated carbocycles. The first-order chi connectivity index (χ1) is 10.2. The quantitative estimate of drug-likeness (QED) is 0.911. The highest BCUT2D eigenvalue weighted by atomic mass is 32.2. The summed E-state index contributed by atoms with van der Waals surface area (Å²) < 4.78 is 23.0. The van der Waals surface area contributed by atoms with E-state index in [1.807, 2.05) is 26.0 Å². The average molecular weight is 318 g/mol. The van der Waals surface area contributed by atoms with E-state index in [0.717, 1.165) is 16.7 Å². The van der Waals surface area contributed by atoms with Crippen LogP contribution in [0.1, 0.15) is 27.0 Å². The third-order valence-corrected chi connectivity index (χ3v) is 4.42. The Morgan fingerprint density at radius 2 is 1.64 bits per heavy atom. The molecule has 3 N–H and O–H groups in total. The molecule has 0 bridgehead atoms. The molecule has 2 rings (SSSR count). The summed E-state index contributed by atoms with van der Waals surface area (Å²) in [6, 6.07) is 9.99. The molecule has 1 amide bonds. The molecule has 5 nitrogen and oxygen atoms in total. The summed E-state index contributed by atoms with van der Waals surface area (Å²) in [5.41, 5.74) is 3.54. The molecule has 116 valence electrons. The minimum Gasteiger partial charge on any atom is -0.322 e. The second-order valence-electron chi connectivity index (χ2n) is 5.28. The van der Waals surface area contributed by atoms with Gasteiger partial charge >= 0.3 is 0 Å². The minimum absolute atomic E-state index is 0.0187. The number of aryl methyl sites for hydroxylation is 2. The van der Waals surface area contributed by atoms with Gasteiger partial charge in [-0.15, -0.1) is 0 Å². The van der Waals surface area contributed by atoms with E-state index in [2.05, 4.69) is 5.32 Å². The van der Waals surface area contributed by atoms with Crippen LogP contribution in [-0.4, -0.2) is 14.3 Å². The number of hydrogen-bond donors (Lipinski definition) is 2. The number of hydrogen-bond acceptors (Lipinski definition) is 3. The van der Waals surface area contributed by atoms with Crippen LogP contribution in [0.25, 0.3) is 0 Å². The molecule has 0 aliphatic carbocycles. The van der Waals surface area contributed by atoms with Crippen molar-refractivity contribution in [1.29, 1.82) is 0 Å². The Labute approximate surface area is 130 Å². The van der Waals surface area contributed by atoms with Gasteiger partial charge < -0.3 is 5.32 Å². The van der Waals surface area contributed by atoms with Gasteiger partial charge in [-0.25, -0.2) is 13.6 Å². The molecule has 0 aliphatic heterocycles. The van der Waals surface area contributed by atoms with Crippen LogP contribution < -0.4 is 10.5 Å². The number of nitrogens with two attached hydrogens (primary N) is 1. The zero-order valence-corrected chi connectivity index (χ0v) is 13.5. The van der Waals surface area contributed by atoms with E-state index in [1.54, 1.807) is 19.1 Å². The minimum atomic E-state index is -3.82. The lowest BCUT2D eigenvalue weighted by atomic mass is 10.1. The lowest BCUT2D eigenvalue weighted by Crippen LogP contribution is -2.16. The Morgan fingerprint density at radius 1 is 1.05 bits per heavy atom. The summed E-state index contributed by atoms with van der Waals surface area (Å²) in [6.07, 6.45) is 0. The Balaban J connectivity index is 2.38. The third-order valence-electron chi connectivity index (χ3n) is 3.53.